The fourth-order valence-electron chi connectivity index (χ4n) is 5.37. The number of aryl methyl sites for hydroxylation is 1. The molecule has 3 nitrogen and oxygen atoms in total. The average Bonchev–Trinajstić information content (AvgIpc) is 2.82. The van der Waals surface area contributed by atoms with Gasteiger partial charge in [-0.25, -0.2) is 0 Å². The van der Waals surface area contributed by atoms with Gasteiger partial charge >= 0.3 is 0 Å². The van der Waals surface area contributed by atoms with Crippen LogP contribution >= 0.6 is 0 Å². The van der Waals surface area contributed by atoms with E-state index in [-0.39, 0.29) is 11.4 Å². The molecule has 1 aromatic rings. The number of carbonyl (C=O) groups is 1. The summed E-state index contributed by atoms with van der Waals surface area (Å²) in [6.07, 6.45) is 6.17. The van der Waals surface area contributed by atoms with E-state index in [0.29, 0.717) is 11.5 Å². The summed E-state index contributed by atoms with van der Waals surface area (Å²) in [7, 11) is 0. The predicted molar refractivity (Wildman–Crippen MR) is 87.6 cm³/mol. The molecular weight excluding hydrogens is 272 g/mol. The van der Waals surface area contributed by atoms with E-state index in [1.165, 1.54) is 56.3 Å². The van der Waals surface area contributed by atoms with Gasteiger partial charge in [0, 0.05) is 25.0 Å². The molecule has 3 saturated carbocycles. The molecule has 1 amide bonds. The van der Waals surface area contributed by atoms with Gasteiger partial charge in [-0.15, -0.1) is 0 Å². The predicted octanol–water partition coefficient (Wildman–Crippen LogP) is 3.19. The van der Waals surface area contributed by atoms with Crippen LogP contribution in [0.5, 0.6) is 0 Å². The number of nitrogens with zero attached hydrogens (tertiary/aromatic N) is 1. The van der Waals surface area contributed by atoms with E-state index in [9.17, 15) is 4.79 Å². The number of hydrogen-bond acceptors (Lipinski definition) is 2. The minimum absolute atomic E-state index is 0.132. The molecule has 1 aliphatic heterocycles. The Hall–Kier alpha value is -1.35. The number of likely N-dealkylation sites (tertiary alicyclic amines) is 1. The second-order valence-electron chi connectivity index (χ2n) is 8.03. The van der Waals surface area contributed by atoms with Crippen molar-refractivity contribution in [3.05, 3.63) is 35.4 Å². The van der Waals surface area contributed by atoms with Gasteiger partial charge in [0.15, 0.2) is 0 Å². The van der Waals surface area contributed by atoms with Gasteiger partial charge in [-0.1, -0.05) is 29.8 Å². The smallest absolute Gasteiger partial charge is 0.217 e. The van der Waals surface area contributed by atoms with Crippen molar-refractivity contribution in [1.82, 2.24) is 10.2 Å². The average molecular weight is 298 g/mol. The third-order valence-corrected chi connectivity index (χ3v) is 5.91. The highest BCUT2D eigenvalue weighted by Crippen LogP contribution is 2.67. The first-order valence-corrected chi connectivity index (χ1v) is 8.59. The fourth-order valence-corrected chi connectivity index (χ4v) is 5.37. The molecule has 4 fully saturated rings. The first-order chi connectivity index (χ1) is 10.5. The summed E-state index contributed by atoms with van der Waals surface area (Å²) in [5, 5.41) is 3.16. The van der Waals surface area contributed by atoms with Crippen molar-refractivity contribution < 1.29 is 4.79 Å². The summed E-state index contributed by atoms with van der Waals surface area (Å²) in [6.45, 7) is 6.27. The minimum atomic E-state index is 0.132. The van der Waals surface area contributed by atoms with Crippen LogP contribution in [0.25, 0.3) is 0 Å². The molecule has 3 aliphatic carbocycles. The van der Waals surface area contributed by atoms with E-state index in [4.69, 9.17) is 0 Å². The summed E-state index contributed by atoms with van der Waals surface area (Å²) >= 11 is 0. The molecule has 1 saturated heterocycles. The summed E-state index contributed by atoms with van der Waals surface area (Å²) in [6, 6.07) is 9.61. The normalized spacial score (nSPS) is 36.5. The highest BCUT2D eigenvalue weighted by atomic mass is 16.1. The maximum Gasteiger partial charge on any atom is 0.217 e. The highest BCUT2D eigenvalue weighted by molar-refractivity contribution is 5.74. The van der Waals surface area contributed by atoms with Gasteiger partial charge in [0.2, 0.25) is 5.91 Å². The van der Waals surface area contributed by atoms with Crippen LogP contribution in [0, 0.1) is 12.3 Å². The molecule has 0 aromatic heterocycles. The zero-order valence-corrected chi connectivity index (χ0v) is 13.7. The molecule has 4 aliphatic rings. The van der Waals surface area contributed by atoms with Crippen LogP contribution in [0.3, 0.4) is 0 Å². The number of hydrogen-bond donors (Lipinski definition) is 1. The van der Waals surface area contributed by atoms with Crippen LogP contribution in [0.4, 0.5) is 0 Å². The van der Waals surface area contributed by atoms with Crippen LogP contribution < -0.4 is 5.32 Å². The third-order valence-electron chi connectivity index (χ3n) is 5.91. The van der Waals surface area contributed by atoms with Crippen molar-refractivity contribution in [3.8, 4) is 0 Å². The number of rotatable bonds is 4. The van der Waals surface area contributed by atoms with E-state index in [1.807, 2.05) is 0 Å². The van der Waals surface area contributed by atoms with Crippen molar-refractivity contribution in [2.24, 2.45) is 5.41 Å². The van der Waals surface area contributed by atoms with Gasteiger partial charge in [-0.2, -0.15) is 0 Å². The first-order valence-electron chi connectivity index (χ1n) is 8.59. The molecule has 22 heavy (non-hydrogen) atoms. The van der Waals surface area contributed by atoms with E-state index in [1.54, 1.807) is 6.92 Å². The van der Waals surface area contributed by atoms with Crippen LogP contribution in [-0.4, -0.2) is 29.4 Å². The highest BCUT2D eigenvalue weighted by Gasteiger charge is 2.68. The van der Waals surface area contributed by atoms with Crippen molar-refractivity contribution in [3.63, 3.8) is 0 Å². The molecule has 1 atom stereocenters. The van der Waals surface area contributed by atoms with Gasteiger partial charge in [-0.3, -0.25) is 9.69 Å². The van der Waals surface area contributed by atoms with E-state index in [0.717, 1.165) is 0 Å². The Bertz CT molecular complexity index is 589. The van der Waals surface area contributed by atoms with Gasteiger partial charge in [0.25, 0.3) is 0 Å². The summed E-state index contributed by atoms with van der Waals surface area (Å²) in [4.78, 5) is 14.0. The second-order valence-corrected chi connectivity index (χ2v) is 8.03. The molecule has 3 heteroatoms. The number of carbonyl (C=O) groups excluding carboxylic acids is 1. The molecule has 1 aromatic carbocycles. The third kappa shape index (κ3) is 2.26. The minimum Gasteiger partial charge on any atom is -0.351 e. The summed E-state index contributed by atoms with van der Waals surface area (Å²) in [5.41, 5.74) is 3.51. The number of amides is 1. The Morgan fingerprint density at radius 2 is 2.14 bits per heavy atom. The number of nitrogens with one attached hydrogen (secondary N) is 1. The lowest BCUT2D eigenvalue weighted by Crippen LogP contribution is -2.76. The zero-order chi connectivity index (χ0) is 15.4. The molecule has 5 rings (SSSR count). The lowest BCUT2D eigenvalue weighted by molar-refractivity contribution is -0.174. The fraction of sp³-hybridized carbons (Fsp3) is 0.632. The molecule has 118 valence electrons. The van der Waals surface area contributed by atoms with Gasteiger partial charge < -0.3 is 5.32 Å². The van der Waals surface area contributed by atoms with Crippen LogP contribution in [0.2, 0.25) is 0 Å². The quantitative estimate of drug-likeness (QED) is 0.926. The van der Waals surface area contributed by atoms with Crippen LogP contribution in [-0.2, 0) is 4.79 Å². The lowest BCUT2D eigenvalue weighted by Gasteiger charge is -2.71. The van der Waals surface area contributed by atoms with Crippen LogP contribution in [0.15, 0.2) is 24.3 Å². The maximum absolute atomic E-state index is 11.3. The number of benzene rings is 1. The Kier molecular flexibility index (Phi) is 3.12. The van der Waals surface area contributed by atoms with Crippen molar-refractivity contribution >= 4 is 5.91 Å². The maximum atomic E-state index is 11.3. The Labute approximate surface area is 133 Å². The Balaban J connectivity index is 1.41. The summed E-state index contributed by atoms with van der Waals surface area (Å²) < 4.78 is 0. The van der Waals surface area contributed by atoms with Gasteiger partial charge in [0.05, 0.1) is 0 Å². The van der Waals surface area contributed by atoms with Crippen LogP contribution in [0.1, 0.15) is 56.2 Å². The SMILES string of the molecule is CC(=O)NC12CC(CN3CCCC3c3cccc(C)c3)(C1)C2. The van der Waals surface area contributed by atoms with E-state index >= 15 is 0 Å². The van der Waals surface area contributed by atoms with Gasteiger partial charge in [-0.05, 0) is 56.6 Å². The monoisotopic (exact) mass is 298 g/mol. The molecule has 1 N–H and O–H groups in total. The lowest BCUT2D eigenvalue weighted by atomic mass is 9.39. The first kappa shape index (κ1) is 14.3. The van der Waals surface area contributed by atoms with E-state index < -0.39 is 0 Å². The second kappa shape index (κ2) is 4.82. The molecular formula is C19H26N2O. The molecule has 2 bridgehead atoms. The molecule has 0 spiro atoms. The van der Waals surface area contributed by atoms with Crippen molar-refractivity contribution in [2.45, 2.75) is 57.5 Å². The van der Waals surface area contributed by atoms with E-state index in [2.05, 4.69) is 41.4 Å². The molecule has 1 heterocycles. The summed E-state index contributed by atoms with van der Waals surface area (Å²) in [5.74, 6) is 0.132. The molecule has 1 unspecified atom stereocenters. The topological polar surface area (TPSA) is 32.3 Å². The largest absolute Gasteiger partial charge is 0.351 e. The molecule has 0 radical (unpaired) electrons. The van der Waals surface area contributed by atoms with Crippen molar-refractivity contribution in [2.75, 3.05) is 13.1 Å². The Morgan fingerprint density at radius 1 is 1.36 bits per heavy atom. The van der Waals surface area contributed by atoms with Crippen molar-refractivity contribution in [1.29, 1.82) is 0 Å². The van der Waals surface area contributed by atoms with Gasteiger partial charge in [0.1, 0.15) is 0 Å². The zero-order valence-electron chi connectivity index (χ0n) is 13.7. The Morgan fingerprint density at radius 3 is 2.82 bits per heavy atom. The standard InChI is InChI=1S/C19H26N2O/c1-14-5-3-6-16(9-14)17-7-4-8-21(17)13-18-10-19(11-18,12-18)20-15(2)22/h3,5-6,9,17H,4,7-8,10-13H2,1-2H3,(H,20,22).